The molecule has 2 aliphatic rings. The van der Waals surface area contributed by atoms with Crippen LogP contribution in [0, 0.1) is 25.7 Å². The quantitative estimate of drug-likeness (QED) is 0.409. The molecule has 1 atom stereocenters. The third kappa shape index (κ3) is 6.14. The van der Waals surface area contributed by atoms with Gasteiger partial charge in [-0.05, 0) is 74.3 Å². The zero-order valence-electron chi connectivity index (χ0n) is 23.7. The Morgan fingerprint density at radius 3 is 2.42 bits per heavy atom. The van der Waals surface area contributed by atoms with Crippen LogP contribution in [-0.2, 0) is 10.0 Å². The van der Waals surface area contributed by atoms with Gasteiger partial charge >= 0.3 is 0 Å². The lowest BCUT2D eigenvalue weighted by molar-refractivity contribution is 0.0531. The zero-order chi connectivity index (χ0) is 28.4. The standard InChI is InChI=1S/C31H38N4O4S/c1-20(2)15-25-19-39-28-17-27(29-21(3)9-7-10-22(29)4)32-31(33-28)34-40(37,38)26-14-8-13-24(16-26)30(36)35(25)18-23-11-5-6-12-23/h7-10,13-14,16-17,20,23,25H,5-6,11-12,15,18-19H2,1-4H3,(H,32,33,34)/t25-/m1/s1. The summed E-state index contributed by atoms with van der Waals surface area (Å²) in [4.78, 5) is 25.0. The SMILES string of the molecule is Cc1cccc(C)c1-c1cc2nc(n1)NS(=O)(=O)c1cccc(c1)C(=O)N(CC1CCCC1)[C@H](CC(C)C)CO2. The predicted octanol–water partition coefficient (Wildman–Crippen LogP) is 6.00. The fourth-order valence-electron chi connectivity index (χ4n) is 5.91. The highest BCUT2D eigenvalue weighted by molar-refractivity contribution is 7.92. The first kappa shape index (κ1) is 28.1. The Balaban J connectivity index is 1.64. The second-order valence-electron chi connectivity index (χ2n) is 11.5. The Labute approximate surface area is 237 Å². The summed E-state index contributed by atoms with van der Waals surface area (Å²) in [5.41, 5.74) is 3.84. The summed E-state index contributed by atoms with van der Waals surface area (Å²) in [5.74, 6) is 0.756. The molecule has 5 rings (SSSR count). The maximum atomic E-state index is 14.0. The molecule has 1 N–H and O–H groups in total. The number of nitrogens with one attached hydrogen (secondary N) is 1. The molecule has 1 saturated carbocycles. The molecule has 0 unspecified atom stereocenters. The summed E-state index contributed by atoms with van der Waals surface area (Å²) in [6.45, 7) is 9.13. The summed E-state index contributed by atoms with van der Waals surface area (Å²) in [5, 5.41) is 0. The Kier molecular flexibility index (Phi) is 8.12. The van der Waals surface area contributed by atoms with Gasteiger partial charge in [0.05, 0.1) is 16.6 Å². The summed E-state index contributed by atoms with van der Waals surface area (Å²) in [6.07, 6.45) is 5.26. The van der Waals surface area contributed by atoms with Gasteiger partial charge in [-0.25, -0.2) is 18.1 Å². The number of benzene rings is 2. The van der Waals surface area contributed by atoms with Gasteiger partial charge in [-0.1, -0.05) is 51.0 Å². The van der Waals surface area contributed by atoms with E-state index in [9.17, 15) is 13.2 Å². The highest BCUT2D eigenvalue weighted by atomic mass is 32.2. The minimum atomic E-state index is -4.08. The first-order valence-corrected chi connectivity index (χ1v) is 15.6. The molecule has 2 heterocycles. The van der Waals surface area contributed by atoms with E-state index in [4.69, 9.17) is 4.74 Å². The number of carbonyl (C=O) groups excluding carboxylic acids is 1. The average molecular weight is 563 g/mol. The monoisotopic (exact) mass is 562 g/mol. The number of nitrogens with zero attached hydrogens (tertiary/aromatic N) is 3. The fourth-order valence-corrected chi connectivity index (χ4v) is 6.90. The molecule has 0 spiro atoms. The number of ether oxygens (including phenoxy) is 1. The second-order valence-corrected chi connectivity index (χ2v) is 13.2. The largest absolute Gasteiger partial charge is 0.475 e. The topological polar surface area (TPSA) is 101 Å². The van der Waals surface area contributed by atoms with Crippen LogP contribution in [0.3, 0.4) is 0 Å². The van der Waals surface area contributed by atoms with Crippen molar-refractivity contribution in [3.63, 3.8) is 0 Å². The van der Waals surface area contributed by atoms with Crippen LogP contribution in [0.1, 0.15) is 67.4 Å². The van der Waals surface area contributed by atoms with Crippen LogP contribution in [0.4, 0.5) is 5.95 Å². The lowest BCUT2D eigenvalue weighted by Crippen LogP contribution is -2.46. The number of aryl methyl sites for hydroxylation is 2. The van der Waals surface area contributed by atoms with Gasteiger partial charge < -0.3 is 9.64 Å². The summed E-state index contributed by atoms with van der Waals surface area (Å²) in [7, 11) is -4.08. The van der Waals surface area contributed by atoms with Crippen molar-refractivity contribution in [2.75, 3.05) is 17.9 Å². The number of aromatic nitrogens is 2. The van der Waals surface area contributed by atoms with Gasteiger partial charge in [0.25, 0.3) is 15.9 Å². The molecule has 4 bridgehead atoms. The molecule has 1 fully saturated rings. The highest BCUT2D eigenvalue weighted by Crippen LogP contribution is 2.31. The Bertz CT molecular complexity index is 1480. The third-order valence-corrected chi connectivity index (χ3v) is 9.18. The minimum Gasteiger partial charge on any atom is -0.475 e. The molecular formula is C31H38N4O4S. The van der Waals surface area contributed by atoms with Crippen LogP contribution in [0.2, 0.25) is 0 Å². The number of anilines is 1. The van der Waals surface area contributed by atoms with Gasteiger partial charge in [0.1, 0.15) is 6.61 Å². The van der Waals surface area contributed by atoms with Crippen molar-refractivity contribution in [2.45, 2.75) is 70.7 Å². The van der Waals surface area contributed by atoms with Crippen LogP contribution in [-0.4, -0.2) is 48.4 Å². The molecule has 1 aromatic heterocycles. The second kappa shape index (κ2) is 11.6. The fraction of sp³-hybridized carbons (Fsp3) is 0.452. The number of sulfonamides is 1. The van der Waals surface area contributed by atoms with Crippen molar-refractivity contribution < 1.29 is 17.9 Å². The maximum Gasteiger partial charge on any atom is 0.264 e. The molecule has 1 aliphatic heterocycles. The van der Waals surface area contributed by atoms with Gasteiger partial charge in [-0.2, -0.15) is 4.98 Å². The number of carbonyl (C=O) groups is 1. The van der Waals surface area contributed by atoms with Gasteiger partial charge in [-0.3, -0.25) is 4.79 Å². The van der Waals surface area contributed by atoms with Gasteiger partial charge in [0.15, 0.2) is 0 Å². The van der Waals surface area contributed by atoms with E-state index in [0.29, 0.717) is 29.6 Å². The maximum absolute atomic E-state index is 14.0. The lowest BCUT2D eigenvalue weighted by atomic mass is 9.99. The molecule has 0 saturated heterocycles. The Morgan fingerprint density at radius 2 is 1.73 bits per heavy atom. The molecule has 2 aromatic carbocycles. The first-order chi connectivity index (χ1) is 19.1. The Morgan fingerprint density at radius 1 is 1.02 bits per heavy atom. The summed E-state index contributed by atoms with van der Waals surface area (Å²) >= 11 is 0. The molecule has 8 nitrogen and oxygen atoms in total. The summed E-state index contributed by atoms with van der Waals surface area (Å²) < 4.78 is 35.8. The first-order valence-electron chi connectivity index (χ1n) is 14.1. The molecule has 212 valence electrons. The van der Waals surface area contributed by atoms with E-state index in [0.717, 1.165) is 36.0 Å². The van der Waals surface area contributed by atoms with E-state index in [2.05, 4.69) is 28.5 Å². The van der Waals surface area contributed by atoms with Crippen LogP contribution >= 0.6 is 0 Å². The molecule has 1 aliphatic carbocycles. The van der Waals surface area contributed by atoms with Crippen molar-refractivity contribution in [2.24, 2.45) is 11.8 Å². The van der Waals surface area contributed by atoms with Crippen LogP contribution in [0.25, 0.3) is 11.3 Å². The number of amides is 1. The van der Waals surface area contributed by atoms with E-state index in [1.165, 1.54) is 25.0 Å². The normalized spacial score (nSPS) is 19.4. The van der Waals surface area contributed by atoms with E-state index < -0.39 is 10.0 Å². The van der Waals surface area contributed by atoms with E-state index in [1.54, 1.807) is 18.2 Å². The van der Waals surface area contributed by atoms with Crippen molar-refractivity contribution in [1.82, 2.24) is 14.9 Å². The molecule has 1 amide bonds. The van der Waals surface area contributed by atoms with Gasteiger partial charge in [0, 0.05) is 23.7 Å². The van der Waals surface area contributed by atoms with Crippen LogP contribution in [0.15, 0.2) is 53.4 Å². The zero-order valence-corrected chi connectivity index (χ0v) is 24.5. The lowest BCUT2D eigenvalue weighted by Gasteiger charge is -2.35. The number of hydrogen-bond acceptors (Lipinski definition) is 6. The minimum absolute atomic E-state index is 0.0117. The van der Waals surface area contributed by atoms with Crippen LogP contribution in [0.5, 0.6) is 5.88 Å². The van der Waals surface area contributed by atoms with Gasteiger partial charge in [-0.15, -0.1) is 0 Å². The van der Waals surface area contributed by atoms with E-state index in [-0.39, 0.29) is 35.3 Å². The van der Waals surface area contributed by atoms with Crippen molar-refractivity contribution in [3.8, 4) is 17.1 Å². The predicted molar refractivity (Wildman–Crippen MR) is 156 cm³/mol. The highest BCUT2D eigenvalue weighted by Gasteiger charge is 2.31. The average Bonchev–Trinajstić information content (AvgIpc) is 3.42. The molecular weight excluding hydrogens is 524 g/mol. The summed E-state index contributed by atoms with van der Waals surface area (Å²) in [6, 6.07) is 13.7. The van der Waals surface area contributed by atoms with Crippen molar-refractivity contribution >= 4 is 21.9 Å². The molecule has 9 heteroatoms. The molecule has 40 heavy (non-hydrogen) atoms. The smallest absolute Gasteiger partial charge is 0.264 e. The van der Waals surface area contributed by atoms with Crippen molar-refractivity contribution in [3.05, 3.63) is 65.2 Å². The third-order valence-electron chi connectivity index (χ3n) is 7.86. The van der Waals surface area contributed by atoms with Crippen LogP contribution < -0.4 is 9.46 Å². The number of rotatable bonds is 5. The van der Waals surface area contributed by atoms with E-state index in [1.807, 2.05) is 36.9 Å². The van der Waals surface area contributed by atoms with Crippen molar-refractivity contribution in [1.29, 1.82) is 0 Å². The molecule has 0 radical (unpaired) electrons. The van der Waals surface area contributed by atoms with Gasteiger partial charge in [0.2, 0.25) is 11.8 Å². The number of fused-ring (bicyclic) bond motifs is 4. The molecule has 3 aromatic rings. The number of hydrogen-bond donors (Lipinski definition) is 1. The van der Waals surface area contributed by atoms with E-state index >= 15 is 0 Å². The Hall–Kier alpha value is -3.46.